The first-order valence-corrected chi connectivity index (χ1v) is 6.51. The van der Waals surface area contributed by atoms with Crippen molar-refractivity contribution in [3.8, 4) is 0 Å². The molecule has 2 rings (SSSR count). The summed E-state index contributed by atoms with van der Waals surface area (Å²) in [5, 5.41) is 3.08. The van der Waals surface area contributed by atoms with E-state index in [-0.39, 0.29) is 12.4 Å². The van der Waals surface area contributed by atoms with Gasteiger partial charge in [-0.3, -0.25) is 0 Å². The third-order valence-corrected chi connectivity index (χ3v) is 3.15. The molecule has 0 aliphatic heterocycles. The molecule has 1 aromatic heterocycles. The molecule has 100 valence electrons. The van der Waals surface area contributed by atoms with Crippen LogP contribution in [0.3, 0.4) is 0 Å². The van der Waals surface area contributed by atoms with Crippen molar-refractivity contribution >= 4 is 39.9 Å². The normalized spacial score (nSPS) is 10.5. The first-order chi connectivity index (χ1) is 9.08. The molecular formula is C12H12FIN4O. The number of nitrogens with two attached hydrogens (primary N) is 1. The summed E-state index contributed by atoms with van der Waals surface area (Å²) in [7, 11) is 1.56. The molecule has 19 heavy (non-hydrogen) atoms. The number of hydrogen-bond donors (Lipinski definition) is 2. The average Bonchev–Trinajstić information content (AvgIpc) is 2.32. The summed E-state index contributed by atoms with van der Waals surface area (Å²) in [6.45, 7) is 0.278. The lowest BCUT2D eigenvalue weighted by atomic mass is 10.3. The third-order valence-electron chi connectivity index (χ3n) is 2.26. The maximum atomic E-state index is 13.0. The Bertz CT molecular complexity index is 594. The van der Waals surface area contributed by atoms with Gasteiger partial charge in [-0.05, 0) is 40.8 Å². The van der Waals surface area contributed by atoms with Gasteiger partial charge in [-0.15, -0.1) is 0 Å². The van der Waals surface area contributed by atoms with Gasteiger partial charge in [-0.2, -0.15) is 0 Å². The molecule has 0 aliphatic carbocycles. The first-order valence-electron chi connectivity index (χ1n) is 5.43. The Morgan fingerprint density at radius 3 is 2.84 bits per heavy atom. The van der Waals surface area contributed by atoms with Crippen LogP contribution in [-0.4, -0.2) is 17.1 Å². The lowest BCUT2D eigenvalue weighted by Crippen LogP contribution is -2.05. The van der Waals surface area contributed by atoms with Gasteiger partial charge in [-0.25, -0.2) is 14.4 Å². The number of aromatic nitrogens is 2. The third kappa shape index (κ3) is 3.74. The molecule has 0 bridgehead atoms. The van der Waals surface area contributed by atoms with Gasteiger partial charge in [0.25, 0.3) is 0 Å². The average molecular weight is 374 g/mol. The molecule has 0 radical (unpaired) electrons. The number of ether oxygens (including phenoxy) is 1. The Morgan fingerprint density at radius 2 is 2.16 bits per heavy atom. The van der Waals surface area contributed by atoms with Crippen molar-refractivity contribution < 1.29 is 9.13 Å². The molecular weight excluding hydrogens is 362 g/mol. The standard InChI is InChI=1S/C12H12FIN4O/c1-19-6-12-17-10(15)5-11(18-12)16-9-3-2-7(13)4-8(9)14/h2-5H,6H2,1H3,(H3,15,16,17,18). The van der Waals surface area contributed by atoms with Crippen LogP contribution in [0.15, 0.2) is 24.3 Å². The summed E-state index contributed by atoms with van der Waals surface area (Å²) < 4.78 is 18.7. The zero-order valence-corrected chi connectivity index (χ0v) is 12.3. The van der Waals surface area contributed by atoms with E-state index in [1.165, 1.54) is 12.1 Å². The molecule has 0 saturated heterocycles. The van der Waals surface area contributed by atoms with Crippen LogP contribution in [-0.2, 0) is 11.3 Å². The second kappa shape index (κ2) is 6.11. The molecule has 5 nitrogen and oxygen atoms in total. The second-order valence-corrected chi connectivity index (χ2v) is 4.94. The molecule has 0 aliphatic rings. The van der Waals surface area contributed by atoms with Crippen LogP contribution in [0.4, 0.5) is 21.7 Å². The number of rotatable bonds is 4. The van der Waals surface area contributed by atoms with Gasteiger partial charge < -0.3 is 15.8 Å². The van der Waals surface area contributed by atoms with Gasteiger partial charge in [0, 0.05) is 16.7 Å². The van der Waals surface area contributed by atoms with E-state index in [2.05, 4.69) is 15.3 Å². The van der Waals surface area contributed by atoms with Crippen molar-refractivity contribution in [1.82, 2.24) is 9.97 Å². The first kappa shape index (κ1) is 13.9. The topological polar surface area (TPSA) is 73.1 Å². The Kier molecular flexibility index (Phi) is 4.48. The van der Waals surface area contributed by atoms with Gasteiger partial charge in [0.15, 0.2) is 5.82 Å². The number of nitrogens with zero attached hydrogens (tertiary/aromatic N) is 2. The minimum absolute atomic E-state index is 0.278. The highest BCUT2D eigenvalue weighted by Gasteiger charge is 2.06. The largest absolute Gasteiger partial charge is 0.384 e. The molecule has 0 amide bonds. The van der Waals surface area contributed by atoms with Crippen LogP contribution in [0, 0.1) is 9.39 Å². The van der Waals surface area contributed by atoms with Crippen molar-refractivity contribution in [2.45, 2.75) is 6.61 Å². The second-order valence-electron chi connectivity index (χ2n) is 3.78. The fourth-order valence-corrected chi connectivity index (χ4v) is 2.12. The number of benzene rings is 1. The zero-order valence-electron chi connectivity index (χ0n) is 10.2. The maximum Gasteiger partial charge on any atom is 0.158 e. The predicted molar refractivity (Wildman–Crippen MR) is 79.6 cm³/mol. The summed E-state index contributed by atoms with van der Waals surface area (Å²) in [5.74, 6) is 1.10. The Hall–Kier alpha value is -1.48. The van der Waals surface area contributed by atoms with Gasteiger partial charge in [0.05, 0.1) is 5.69 Å². The summed E-state index contributed by atoms with van der Waals surface area (Å²) in [5.41, 5.74) is 6.45. The van der Waals surface area contributed by atoms with Crippen molar-refractivity contribution in [3.05, 3.63) is 39.5 Å². The van der Waals surface area contributed by atoms with Crippen molar-refractivity contribution in [2.75, 3.05) is 18.2 Å². The van der Waals surface area contributed by atoms with Gasteiger partial charge in [-0.1, -0.05) is 0 Å². The van der Waals surface area contributed by atoms with E-state index >= 15 is 0 Å². The highest BCUT2D eigenvalue weighted by atomic mass is 127. The summed E-state index contributed by atoms with van der Waals surface area (Å²) in [6.07, 6.45) is 0. The summed E-state index contributed by atoms with van der Waals surface area (Å²) in [6, 6.07) is 6.07. The van der Waals surface area contributed by atoms with Gasteiger partial charge in [0.1, 0.15) is 24.1 Å². The van der Waals surface area contributed by atoms with E-state index in [1.807, 2.05) is 22.6 Å². The molecule has 1 heterocycles. The number of hydrogen-bond acceptors (Lipinski definition) is 5. The number of anilines is 3. The van der Waals surface area contributed by atoms with Crippen LogP contribution >= 0.6 is 22.6 Å². The fraction of sp³-hybridized carbons (Fsp3) is 0.167. The highest BCUT2D eigenvalue weighted by Crippen LogP contribution is 2.23. The number of methoxy groups -OCH3 is 1. The van der Waals surface area contributed by atoms with E-state index < -0.39 is 0 Å². The van der Waals surface area contributed by atoms with Crippen LogP contribution in [0.25, 0.3) is 0 Å². The fourth-order valence-electron chi connectivity index (χ4n) is 1.50. The van der Waals surface area contributed by atoms with Crippen molar-refractivity contribution in [3.63, 3.8) is 0 Å². The highest BCUT2D eigenvalue weighted by molar-refractivity contribution is 14.1. The monoisotopic (exact) mass is 374 g/mol. The van der Waals surface area contributed by atoms with Gasteiger partial charge in [0.2, 0.25) is 0 Å². The van der Waals surface area contributed by atoms with E-state index in [1.54, 1.807) is 19.2 Å². The van der Waals surface area contributed by atoms with Crippen LogP contribution in [0.5, 0.6) is 0 Å². The minimum Gasteiger partial charge on any atom is -0.384 e. The van der Waals surface area contributed by atoms with E-state index in [0.717, 1.165) is 9.26 Å². The van der Waals surface area contributed by atoms with Crippen molar-refractivity contribution in [1.29, 1.82) is 0 Å². The smallest absolute Gasteiger partial charge is 0.158 e. The molecule has 0 unspecified atom stereocenters. The summed E-state index contributed by atoms with van der Waals surface area (Å²) in [4.78, 5) is 8.30. The van der Waals surface area contributed by atoms with E-state index in [4.69, 9.17) is 10.5 Å². The lowest BCUT2D eigenvalue weighted by Gasteiger charge is -2.09. The quantitative estimate of drug-likeness (QED) is 0.806. The molecule has 0 atom stereocenters. The predicted octanol–water partition coefficient (Wildman–Crippen LogP) is 2.69. The molecule has 2 aromatic rings. The lowest BCUT2D eigenvalue weighted by molar-refractivity contribution is 0.178. The molecule has 7 heteroatoms. The molecule has 0 fully saturated rings. The maximum absolute atomic E-state index is 13.0. The molecule has 3 N–H and O–H groups in total. The molecule has 0 saturated carbocycles. The Morgan fingerprint density at radius 1 is 1.37 bits per heavy atom. The SMILES string of the molecule is COCc1nc(N)cc(Nc2ccc(F)cc2I)n1. The molecule has 1 aromatic carbocycles. The van der Waals surface area contributed by atoms with Crippen molar-refractivity contribution in [2.24, 2.45) is 0 Å². The van der Waals surface area contributed by atoms with Gasteiger partial charge >= 0.3 is 0 Å². The Labute approximate surface area is 123 Å². The van der Waals surface area contributed by atoms with Crippen LogP contribution < -0.4 is 11.1 Å². The van der Waals surface area contributed by atoms with E-state index in [9.17, 15) is 4.39 Å². The zero-order chi connectivity index (χ0) is 13.8. The summed E-state index contributed by atoms with van der Waals surface area (Å²) >= 11 is 2.04. The number of nitrogen functional groups attached to an aromatic ring is 1. The minimum atomic E-state index is -0.280. The number of halogens is 2. The number of nitrogens with one attached hydrogen (secondary N) is 1. The van der Waals surface area contributed by atoms with Crippen LogP contribution in [0.2, 0.25) is 0 Å². The van der Waals surface area contributed by atoms with E-state index in [0.29, 0.717) is 17.5 Å². The van der Waals surface area contributed by atoms with Crippen LogP contribution in [0.1, 0.15) is 5.82 Å². The molecule has 0 spiro atoms. The Balaban J connectivity index is 2.27.